The SMILES string of the molecule is CCN(CC)C(=O)CN(Cc1ccccc1OC)CC1CCCO1. The summed E-state index contributed by atoms with van der Waals surface area (Å²) < 4.78 is 11.2. The van der Waals surface area contributed by atoms with Gasteiger partial charge in [0.15, 0.2) is 0 Å². The van der Waals surface area contributed by atoms with Crippen LogP contribution < -0.4 is 4.74 Å². The van der Waals surface area contributed by atoms with Gasteiger partial charge in [0.25, 0.3) is 0 Å². The molecule has 1 heterocycles. The predicted octanol–water partition coefficient (Wildman–Crippen LogP) is 2.54. The molecule has 2 rings (SSSR count). The molecule has 1 aliphatic rings. The lowest BCUT2D eigenvalue weighted by atomic mass is 10.1. The molecule has 5 heteroatoms. The van der Waals surface area contributed by atoms with E-state index in [1.54, 1.807) is 7.11 Å². The van der Waals surface area contributed by atoms with E-state index in [2.05, 4.69) is 11.0 Å². The molecule has 0 aromatic heterocycles. The summed E-state index contributed by atoms with van der Waals surface area (Å²) >= 11 is 0. The largest absolute Gasteiger partial charge is 0.496 e. The van der Waals surface area contributed by atoms with Crippen molar-refractivity contribution in [2.75, 3.05) is 39.9 Å². The van der Waals surface area contributed by atoms with Gasteiger partial charge in [-0.15, -0.1) is 0 Å². The van der Waals surface area contributed by atoms with Gasteiger partial charge < -0.3 is 14.4 Å². The second kappa shape index (κ2) is 9.64. The number of carbonyl (C=O) groups excluding carboxylic acids is 1. The molecule has 134 valence electrons. The van der Waals surface area contributed by atoms with Crippen LogP contribution in [0.5, 0.6) is 5.75 Å². The molecule has 1 fully saturated rings. The van der Waals surface area contributed by atoms with Crippen molar-refractivity contribution in [1.29, 1.82) is 0 Å². The summed E-state index contributed by atoms with van der Waals surface area (Å²) in [6.07, 6.45) is 2.41. The van der Waals surface area contributed by atoms with Crippen LogP contribution in [0.3, 0.4) is 0 Å². The Morgan fingerprint density at radius 3 is 2.67 bits per heavy atom. The van der Waals surface area contributed by atoms with Gasteiger partial charge in [0, 0.05) is 38.3 Å². The molecule has 1 aromatic rings. The number of nitrogens with zero attached hydrogens (tertiary/aromatic N) is 2. The summed E-state index contributed by atoms with van der Waals surface area (Å²) in [5.41, 5.74) is 1.10. The van der Waals surface area contributed by atoms with E-state index in [0.717, 1.165) is 50.4 Å². The summed E-state index contributed by atoms with van der Waals surface area (Å²) in [5, 5.41) is 0. The second-order valence-electron chi connectivity index (χ2n) is 6.18. The average molecular weight is 334 g/mol. The molecule has 1 amide bonds. The highest BCUT2D eigenvalue weighted by atomic mass is 16.5. The van der Waals surface area contributed by atoms with Crippen LogP contribution in [0.4, 0.5) is 0 Å². The van der Waals surface area contributed by atoms with E-state index in [9.17, 15) is 4.79 Å². The van der Waals surface area contributed by atoms with Crippen LogP contribution in [0, 0.1) is 0 Å². The Hall–Kier alpha value is -1.59. The molecule has 0 bridgehead atoms. The number of benzene rings is 1. The number of likely N-dealkylation sites (N-methyl/N-ethyl adjacent to an activating group) is 1. The van der Waals surface area contributed by atoms with Crippen LogP contribution in [0.25, 0.3) is 0 Å². The molecule has 0 aliphatic carbocycles. The van der Waals surface area contributed by atoms with Crippen molar-refractivity contribution in [2.45, 2.75) is 39.3 Å². The van der Waals surface area contributed by atoms with E-state index < -0.39 is 0 Å². The highest BCUT2D eigenvalue weighted by Gasteiger charge is 2.23. The van der Waals surface area contributed by atoms with Crippen molar-refractivity contribution in [3.05, 3.63) is 29.8 Å². The first-order valence-electron chi connectivity index (χ1n) is 8.91. The fourth-order valence-corrected chi connectivity index (χ4v) is 3.20. The number of ether oxygens (including phenoxy) is 2. The third-order valence-electron chi connectivity index (χ3n) is 4.55. The number of carbonyl (C=O) groups is 1. The van der Waals surface area contributed by atoms with Gasteiger partial charge in [-0.3, -0.25) is 9.69 Å². The molecule has 1 atom stereocenters. The van der Waals surface area contributed by atoms with Gasteiger partial charge in [0.2, 0.25) is 5.91 Å². The minimum atomic E-state index is 0.174. The quantitative estimate of drug-likeness (QED) is 0.696. The number of hydrogen-bond donors (Lipinski definition) is 0. The number of amides is 1. The van der Waals surface area contributed by atoms with E-state index in [1.165, 1.54) is 0 Å². The van der Waals surface area contributed by atoms with Crippen molar-refractivity contribution in [2.24, 2.45) is 0 Å². The maximum atomic E-state index is 12.5. The maximum absolute atomic E-state index is 12.5. The molecule has 5 nitrogen and oxygen atoms in total. The first-order valence-corrected chi connectivity index (χ1v) is 8.91. The Balaban J connectivity index is 2.08. The van der Waals surface area contributed by atoms with Crippen molar-refractivity contribution in [3.63, 3.8) is 0 Å². The summed E-state index contributed by atoms with van der Waals surface area (Å²) in [7, 11) is 1.68. The highest BCUT2D eigenvalue weighted by molar-refractivity contribution is 5.78. The lowest BCUT2D eigenvalue weighted by Crippen LogP contribution is -2.42. The lowest BCUT2D eigenvalue weighted by Gasteiger charge is -2.28. The van der Waals surface area contributed by atoms with E-state index in [-0.39, 0.29) is 12.0 Å². The number of hydrogen-bond acceptors (Lipinski definition) is 4. The van der Waals surface area contributed by atoms with E-state index in [1.807, 2.05) is 36.9 Å². The molecule has 0 spiro atoms. The van der Waals surface area contributed by atoms with Crippen LogP contribution >= 0.6 is 0 Å². The minimum Gasteiger partial charge on any atom is -0.496 e. The third kappa shape index (κ3) is 5.21. The molecule has 0 saturated carbocycles. The third-order valence-corrected chi connectivity index (χ3v) is 4.55. The Kier molecular flexibility index (Phi) is 7.53. The normalized spacial score (nSPS) is 17.2. The standard InChI is InChI=1S/C19H30N2O3/c1-4-21(5-2)19(22)15-20(14-17-10-8-12-24-17)13-16-9-6-7-11-18(16)23-3/h6-7,9,11,17H,4-5,8,10,12-15H2,1-3H3. The van der Waals surface area contributed by atoms with Gasteiger partial charge in [0.05, 0.1) is 19.8 Å². The minimum absolute atomic E-state index is 0.174. The zero-order valence-corrected chi connectivity index (χ0v) is 15.2. The fourth-order valence-electron chi connectivity index (χ4n) is 3.20. The van der Waals surface area contributed by atoms with E-state index >= 15 is 0 Å². The van der Waals surface area contributed by atoms with Gasteiger partial charge in [0.1, 0.15) is 5.75 Å². The molecular formula is C19H30N2O3. The molecule has 1 unspecified atom stereocenters. The van der Waals surface area contributed by atoms with Gasteiger partial charge in [-0.25, -0.2) is 0 Å². The molecule has 1 aliphatic heterocycles. The molecule has 0 radical (unpaired) electrons. The molecule has 1 aromatic carbocycles. The lowest BCUT2D eigenvalue weighted by molar-refractivity contribution is -0.132. The number of methoxy groups -OCH3 is 1. The Morgan fingerprint density at radius 1 is 1.29 bits per heavy atom. The number of rotatable bonds is 9. The molecule has 24 heavy (non-hydrogen) atoms. The summed E-state index contributed by atoms with van der Waals surface area (Å²) in [5.74, 6) is 1.04. The first-order chi connectivity index (χ1) is 11.7. The highest BCUT2D eigenvalue weighted by Crippen LogP contribution is 2.21. The smallest absolute Gasteiger partial charge is 0.236 e. The van der Waals surface area contributed by atoms with E-state index in [0.29, 0.717) is 13.1 Å². The van der Waals surface area contributed by atoms with Crippen LogP contribution in [0.1, 0.15) is 32.3 Å². The molecular weight excluding hydrogens is 304 g/mol. The monoisotopic (exact) mass is 334 g/mol. The zero-order chi connectivity index (χ0) is 17.4. The van der Waals surface area contributed by atoms with Gasteiger partial charge in [-0.1, -0.05) is 18.2 Å². The average Bonchev–Trinajstić information content (AvgIpc) is 3.09. The second-order valence-corrected chi connectivity index (χ2v) is 6.18. The first kappa shape index (κ1) is 18.7. The van der Waals surface area contributed by atoms with Crippen molar-refractivity contribution >= 4 is 5.91 Å². The van der Waals surface area contributed by atoms with Crippen molar-refractivity contribution in [1.82, 2.24) is 9.80 Å². The van der Waals surface area contributed by atoms with Crippen molar-refractivity contribution < 1.29 is 14.3 Å². The van der Waals surface area contributed by atoms with Gasteiger partial charge >= 0.3 is 0 Å². The van der Waals surface area contributed by atoms with Crippen molar-refractivity contribution in [3.8, 4) is 5.75 Å². The zero-order valence-electron chi connectivity index (χ0n) is 15.2. The summed E-state index contributed by atoms with van der Waals surface area (Å²) in [6, 6.07) is 8.00. The topological polar surface area (TPSA) is 42.0 Å². The maximum Gasteiger partial charge on any atom is 0.236 e. The van der Waals surface area contributed by atoms with Gasteiger partial charge in [-0.2, -0.15) is 0 Å². The number of para-hydroxylation sites is 1. The van der Waals surface area contributed by atoms with Crippen LogP contribution in [-0.2, 0) is 16.1 Å². The predicted molar refractivity (Wildman–Crippen MR) is 95.2 cm³/mol. The molecule has 1 saturated heterocycles. The Bertz CT molecular complexity index is 511. The Morgan fingerprint density at radius 2 is 2.04 bits per heavy atom. The summed E-state index contributed by atoms with van der Waals surface area (Å²) in [6.45, 7) is 8.26. The van der Waals surface area contributed by atoms with Crippen LogP contribution in [-0.4, -0.2) is 61.7 Å². The van der Waals surface area contributed by atoms with E-state index in [4.69, 9.17) is 9.47 Å². The summed E-state index contributed by atoms with van der Waals surface area (Å²) in [4.78, 5) is 16.6. The molecule has 0 N–H and O–H groups in total. The van der Waals surface area contributed by atoms with Crippen LogP contribution in [0.15, 0.2) is 24.3 Å². The Labute approximate surface area is 145 Å². The van der Waals surface area contributed by atoms with Gasteiger partial charge in [-0.05, 0) is 32.8 Å². The van der Waals surface area contributed by atoms with Crippen LogP contribution in [0.2, 0.25) is 0 Å². The fraction of sp³-hybridized carbons (Fsp3) is 0.632.